The minimum absolute atomic E-state index is 0.0486. The zero-order chi connectivity index (χ0) is 36.2. The van der Waals surface area contributed by atoms with Gasteiger partial charge in [0.1, 0.15) is 36.8 Å². The fraction of sp³-hybridized carbons (Fsp3) is 0.312. The molecule has 1 fully saturated rings. The molecule has 1 aliphatic heterocycles. The second kappa shape index (κ2) is 17.5. The zero-order valence-electron chi connectivity index (χ0n) is 27.5. The third-order valence-corrected chi connectivity index (χ3v) is 8.87. The largest absolute Gasteiger partial charge is 0.497 e. The van der Waals surface area contributed by atoms with Crippen LogP contribution >= 0.6 is 11.6 Å². The Morgan fingerprint density at radius 1 is 0.961 bits per heavy atom. The summed E-state index contributed by atoms with van der Waals surface area (Å²) < 4.78 is 62.9. The van der Waals surface area contributed by atoms with Crippen molar-refractivity contribution >= 4 is 45.4 Å². The third kappa shape index (κ3) is 10.1. The van der Waals surface area contributed by atoms with Gasteiger partial charge < -0.3 is 33.3 Å². The molecule has 0 saturated carbocycles. The number of morpholine rings is 1. The number of anilines is 2. The number of sulfonamides is 1. The van der Waals surface area contributed by atoms with Gasteiger partial charge in [-0.05, 0) is 48.4 Å². The first kappa shape index (κ1) is 36.8. The van der Waals surface area contributed by atoms with Gasteiger partial charge in [-0.3, -0.25) is 14.8 Å². The fourth-order valence-corrected chi connectivity index (χ4v) is 5.92. The van der Waals surface area contributed by atoms with E-state index in [0.29, 0.717) is 43.4 Å². The summed E-state index contributed by atoms with van der Waals surface area (Å²) >= 11 is 6.39. The molecule has 5 rings (SSSR count). The maximum Gasteiger partial charge on any atom is 0.414 e. The molecule has 51 heavy (non-hydrogen) atoms. The maximum atomic E-state index is 13.8. The molecule has 0 bridgehead atoms. The molecule has 2 N–H and O–H groups in total. The summed E-state index contributed by atoms with van der Waals surface area (Å²) in [4.78, 5) is 42.5. The minimum Gasteiger partial charge on any atom is -0.497 e. The van der Waals surface area contributed by atoms with E-state index in [4.69, 9.17) is 40.0 Å². The molecule has 2 amide bonds. The van der Waals surface area contributed by atoms with E-state index < -0.39 is 16.1 Å². The Morgan fingerprint density at radius 2 is 1.75 bits per heavy atom. The van der Waals surface area contributed by atoms with Crippen molar-refractivity contribution in [1.29, 1.82) is 0 Å². The summed E-state index contributed by atoms with van der Waals surface area (Å²) in [5.74, 6) is 0.130. The van der Waals surface area contributed by atoms with Gasteiger partial charge >= 0.3 is 6.09 Å². The highest BCUT2D eigenvalue weighted by atomic mass is 35.5. The Hall–Kier alpha value is -5.46. The number of ether oxygens (including phenoxy) is 6. The molecular weight excluding hydrogens is 710 g/mol. The van der Waals surface area contributed by atoms with Crippen molar-refractivity contribution in [2.45, 2.75) is 17.7 Å². The van der Waals surface area contributed by atoms with Crippen molar-refractivity contribution in [2.75, 3.05) is 63.8 Å². The maximum absolute atomic E-state index is 13.8. The Balaban J connectivity index is 1.36. The van der Waals surface area contributed by atoms with Crippen LogP contribution in [0.3, 0.4) is 0 Å². The van der Waals surface area contributed by atoms with Crippen LogP contribution in [0.25, 0.3) is 0 Å². The number of aromatic nitrogens is 4. The summed E-state index contributed by atoms with van der Waals surface area (Å²) in [6, 6.07) is 10.5. The van der Waals surface area contributed by atoms with Crippen molar-refractivity contribution in [3.63, 3.8) is 0 Å². The molecule has 19 heteroatoms. The molecule has 2 aromatic carbocycles. The van der Waals surface area contributed by atoms with Crippen LogP contribution in [0.5, 0.6) is 28.9 Å². The summed E-state index contributed by atoms with van der Waals surface area (Å²) in [7, 11) is -1.42. The van der Waals surface area contributed by atoms with Gasteiger partial charge in [-0.1, -0.05) is 11.6 Å². The summed E-state index contributed by atoms with van der Waals surface area (Å²) in [6.45, 7) is 1.46. The summed E-state index contributed by atoms with van der Waals surface area (Å²) in [6.07, 6.45) is 3.51. The van der Waals surface area contributed by atoms with Gasteiger partial charge in [0.05, 0.1) is 37.4 Å². The molecule has 1 saturated heterocycles. The number of aryl methyl sites for hydroxylation is 1. The molecule has 0 spiro atoms. The molecular formula is C32H34ClN7O10S. The lowest BCUT2D eigenvalue weighted by molar-refractivity contribution is -0.135. The number of hydrogen-bond donors (Lipinski definition) is 2. The molecule has 3 heterocycles. The predicted octanol–water partition coefficient (Wildman–Crippen LogP) is 3.95. The van der Waals surface area contributed by atoms with Gasteiger partial charge in [-0.25, -0.2) is 28.2 Å². The van der Waals surface area contributed by atoms with Crippen LogP contribution in [-0.2, 0) is 30.7 Å². The van der Waals surface area contributed by atoms with E-state index in [-0.39, 0.29) is 71.0 Å². The molecule has 0 atom stereocenters. The first-order valence-electron chi connectivity index (χ1n) is 15.4. The summed E-state index contributed by atoms with van der Waals surface area (Å²) in [5.41, 5.74) is 0.510. The smallest absolute Gasteiger partial charge is 0.414 e. The third-order valence-electron chi connectivity index (χ3n) is 7.22. The second-order valence-electron chi connectivity index (χ2n) is 10.5. The monoisotopic (exact) mass is 743 g/mol. The molecule has 2 aromatic heterocycles. The number of methoxy groups -OCH3 is 2. The topological polar surface area (TPSA) is 203 Å². The number of amides is 2. The predicted molar refractivity (Wildman–Crippen MR) is 182 cm³/mol. The van der Waals surface area contributed by atoms with Crippen LogP contribution in [0.1, 0.15) is 12.0 Å². The minimum atomic E-state index is -4.33. The van der Waals surface area contributed by atoms with Crippen molar-refractivity contribution < 1.29 is 46.4 Å². The first-order valence-corrected chi connectivity index (χ1v) is 17.3. The van der Waals surface area contributed by atoms with E-state index in [9.17, 15) is 18.0 Å². The van der Waals surface area contributed by atoms with E-state index in [1.165, 1.54) is 56.9 Å². The molecule has 17 nitrogen and oxygen atoms in total. The van der Waals surface area contributed by atoms with Crippen molar-refractivity contribution in [2.24, 2.45) is 0 Å². The lowest BCUT2D eigenvalue weighted by atomic mass is 10.1. The Bertz CT molecular complexity index is 1930. The van der Waals surface area contributed by atoms with Crippen LogP contribution in [0.2, 0.25) is 5.02 Å². The standard InChI is InChI=1S/C32H34ClN7O10S/c1-45-22-5-7-24(33)26(19-22)50-28-29(36-20-37-30(28)48-16-17-49-32(42)38-31-34-10-3-11-35-31)39-51(43,44)23-6-8-25(46-2)21(18-23)4-9-27(41)40-12-14-47-15-13-40/h3,5-8,10-11,18-20H,4,9,12-17H2,1-2H3,(H,36,37,39)(H,34,35,38,42). The quantitative estimate of drug-likeness (QED) is 0.166. The van der Waals surface area contributed by atoms with Crippen LogP contribution in [0.4, 0.5) is 16.6 Å². The molecule has 270 valence electrons. The van der Waals surface area contributed by atoms with E-state index in [0.717, 1.165) is 6.33 Å². The Labute approximate surface area is 298 Å². The normalized spacial score (nSPS) is 12.8. The molecule has 1 aliphatic rings. The average molecular weight is 744 g/mol. The van der Waals surface area contributed by atoms with Gasteiger partial charge in [0.25, 0.3) is 15.9 Å². The highest BCUT2D eigenvalue weighted by Crippen LogP contribution is 2.40. The molecule has 0 unspecified atom stereocenters. The van der Waals surface area contributed by atoms with E-state index >= 15 is 0 Å². The van der Waals surface area contributed by atoms with Crippen molar-refractivity contribution in [1.82, 2.24) is 24.8 Å². The van der Waals surface area contributed by atoms with Gasteiger partial charge in [0, 0.05) is 38.0 Å². The number of carbonyl (C=O) groups excluding carboxylic acids is 2. The highest BCUT2D eigenvalue weighted by molar-refractivity contribution is 7.92. The number of carbonyl (C=O) groups is 2. The highest BCUT2D eigenvalue weighted by Gasteiger charge is 2.25. The van der Waals surface area contributed by atoms with Crippen LogP contribution in [-0.4, -0.2) is 99.0 Å². The number of halogens is 1. The van der Waals surface area contributed by atoms with Crippen LogP contribution < -0.4 is 29.0 Å². The van der Waals surface area contributed by atoms with Crippen molar-refractivity contribution in [3.05, 3.63) is 71.8 Å². The Kier molecular flexibility index (Phi) is 12.6. The number of nitrogens with zero attached hydrogens (tertiary/aromatic N) is 5. The number of nitrogens with one attached hydrogen (secondary N) is 2. The lowest BCUT2D eigenvalue weighted by Crippen LogP contribution is -2.40. The van der Waals surface area contributed by atoms with Crippen molar-refractivity contribution in [3.8, 4) is 28.9 Å². The van der Waals surface area contributed by atoms with Crippen LogP contribution in [0, 0.1) is 0 Å². The average Bonchev–Trinajstić information content (AvgIpc) is 3.14. The number of hydrogen-bond acceptors (Lipinski definition) is 14. The fourth-order valence-electron chi connectivity index (χ4n) is 4.70. The lowest BCUT2D eigenvalue weighted by Gasteiger charge is -2.27. The van der Waals surface area contributed by atoms with Gasteiger partial charge in [-0.15, -0.1) is 0 Å². The SMILES string of the molecule is COc1ccc(Cl)c(Oc2c(NS(=O)(=O)c3ccc(OC)c(CCC(=O)N4CCOCC4)c3)ncnc2OCCOC(=O)Nc2ncccn2)c1. The second-order valence-corrected chi connectivity index (χ2v) is 12.6. The van der Waals surface area contributed by atoms with E-state index in [1.54, 1.807) is 17.0 Å². The van der Waals surface area contributed by atoms with Crippen LogP contribution in [0.15, 0.2) is 66.1 Å². The molecule has 0 radical (unpaired) electrons. The molecule has 4 aromatic rings. The Morgan fingerprint density at radius 3 is 2.49 bits per heavy atom. The van der Waals surface area contributed by atoms with Gasteiger partial charge in [0.2, 0.25) is 17.6 Å². The first-order chi connectivity index (χ1) is 24.7. The van der Waals surface area contributed by atoms with Gasteiger partial charge in [-0.2, -0.15) is 4.98 Å². The van der Waals surface area contributed by atoms with E-state index in [1.807, 2.05) is 0 Å². The van der Waals surface area contributed by atoms with Gasteiger partial charge in [0.15, 0.2) is 5.82 Å². The molecule has 0 aliphatic carbocycles. The number of rotatable bonds is 15. The number of benzene rings is 2. The zero-order valence-corrected chi connectivity index (χ0v) is 29.1. The summed E-state index contributed by atoms with van der Waals surface area (Å²) in [5, 5.41) is 2.53. The van der Waals surface area contributed by atoms with E-state index in [2.05, 4.69) is 30.0 Å².